The van der Waals surface area contributed by atoms with Crippen molar-refractivity contribution >= 4 is 5.96 Å². The van der Waals surface area contributed by atoms with Crippen molar-refractivity contribution in [1.82, 2.24) is 15.2 Å². The Hall–Kier alpha value is -2.76. The highest BCUT2D eigenvalue weighted by atomic mass is 16.5. The van der Waals surface area contributed by atoms with Crippen LogP contribution in [-0.4, -0.2) is 37.3 Å². The lowest BCUT2D eigenvalue weighted by atomic mass is 10.3. The van der Waals surface area contributed by atoms with E-state index in [2.05, 4.69) is 15.6 Å². The molecule has 0 aliphatic rings. The second-order valence-electron chi connectivity index (χ2n) is 5.88. The topological polar surface area (TPSA) is 67.7 Å². The minimum absolute atomic E-state index is 0.0515. The first-order valence-electron chi connectivity index (χ1n) is 9.07. The molecule has 0 saturated carbocycles. The lowest BCUT2D eigenvalue weighted by Crippen LogP contribution is -2.38. The molecule has 0 spiro atoms. The number of aromatic nitrogens is 1. The molecule has 2 aromatic rings. The molecule has 2 N–H and O–H groups in total. The van der Waals surface area contributed by atoms with Crippen molar-refractivity contribution in [3.05, 3.63) is 65.1 Å². The molecule has 0 fully saturated rings. The number of nitrogens with zero attached hydrogens (tertiary/aromatic N) is 2. The number of aliphatic imine (C=N–C) groups is 1. The zero-order valence-electron chi connectivity index (χ0n) is 15.4. The van der Waals surface area contributed by atoms with Crippen LogP contribution in [0.4, 0.5) is 0 Å². The molecule has 0 radical (unpaired) electrons. The molecule has 0 saturated heterocycles. The molecule has 0 atom stereocenters. The van der Waals surface area contributed by atoms with E-state index in [1.54, 1.807) is 23.7 Å². The van der Waals surface area contributed by atoms with Gasteiger partial charge in [-0.2, -0.15) is 0 Å². The standard InChI is InChI=1S/C20H28N4O2/c1-21-20(23-14-9-17-26-18-10-3-2-4-11-18)22-13-6-8-16-24-15-7-5-12-19(24)25/h2-5,7,10-12,15H,6,8-9,13-14,16-17H2,1H3,(H2,21,22,23). The first-order valence-corrected chi connectivity index (χ1v) is 9.07. The normalized spacial score (nSPS) is 11.2. The van der Waals surface area contributed by atoms with Gasteiger partial charge < -0.3 is 19.9 Å². The SMILES string of the molecule is CN=C(NCCCCn1ccccc1=O)NCCCOc1ccccc1. The summed E-state index contributed by atoms with van der Waals surface area (Å²) in [5.74, 6) is 1.69. The summed E-state index contributed by atoms with van der Waals surface area (Å²) < 4.78 is 7.39. The fraction of sp³-hybridized carbons (Fsp3) is 0.400. The van der Waals surface area contributed by atoms with Gasteiger partial charge in [-0.15, -0.1) is 0 Å². The second kappa shape index (κ2) is 11.7. The molecule has 26 heavy (non-hydrogen) atoms. The number of para-hydroxylation sites is 1. The van der Waals surface area contributed by atoms with Gasteiger partial charge in [0.2, 0.25) is 5.56 Å². The van der Waals surface area contributed by atoms with E-state index in [9.17, 15) is 4.79 Å². The Morgan fingerprint density at radius 1 is 1.00 bits per heavy atom. The van der Waals surface area contributed by atoms with Crippen molar-refractivity contribution in [3.8, 4) is 5.75 Å². The third kappa shape index (κ3) is 7.42. The molecule has 6 heteroatoms. The maximum absolute atomic E-state index is 11.6. The third-order valence-electron chi connectivity index (χ3n) is 3.87. The number of unbranched alkanes of at least 4 members (excludes halogenated alkanes) is 1. The smallest absolute Gasteiger partial charge is 0.250 e. The molecule has 6 nitrogen and oxygen atoms in total. The van der Waals surface area contributed by atoms with Crippen LogP contribution in [0.3, 0.4) is 0 Å². The number of pyridine rings is 1. The Morgan fingerprint density at radius 3 is 2.46 bits per heavy atom. The van der Waals surface area contributed by atoms with Crippen molar-refractivity contribution in [3.63, 3.8) is 0 Å². The number of benzene rings is 1. The maximum Gasteiger partial charge on any atom is 0.250 e. The van der Waals surface area contributed by atoms with E-state index in [1.807, 2.05) is 42.6 Å². The van der Waals surface area contributed by atoms with Crippen LogP contribution >= 0.6 is 0 Å². The van der Waals surface area contributed by atoms with Gasteiger partial charge >= 0.3 is 0 Å². The van der Waals surface area contributed by atoms with E-state index < -0.39 is 0 Å². The van der Waals surface area contributed by atoms with Crippen molar-refractivity contribution in [2.75, 3.05) is 26.7 Å². The predicted octanol–water partition coefficient (Wildman–Crippen LogP) is 2.26. The predicted molar refractivity (Wildman–Crippen MR) is 106 cm³/mol. The zero-order chi connectivity index (χ0) is 18.5. The Labute approximate surface area is 154 Å². The quantitative estimate of drug-likeness (QED) is 0.389. The number of guanidine groups is 1. The number of hydrogen-bond donors (Lipinski definition) is 2. The minimum Gasteiger partial charge on any atom is -0.494 e. The summed E-state index contributed by atoms with van der Waals surface area (Å²) in [5.41, 5.74) is 0.0515. The van der Waals surface area contributed by atoms with Crippen molar-refractivity contribution in [2.24, 2.45) is 4.99 Å². The van der Waals surface area contributed by atoms with Crippen LogP contribution in [0.15, 0.2) is 64.5 Å². The van der Waals surface area contributed by atoms with Crippen LogP contribution in [0.2, 0.25) is 0 Å². The van der Waals surface area contributed by atoms with E-state index in [0.29, 0.717) is 6.61 Å². The van der Waals surface area contributed by atoms with Crippen molar-refractivity contribution in [1.29, 1.82) is 0 Å². The summed E-state index contributed by atoms with van der Waals surface area (Å²) in [6.07, 6.45) is 4.64. The average Bonchev–Trinajstić information content (AvgIpc) is 2.68. The maximum atomic E-state index is 11.6. The monoisotopic (exact) mass is 356 g/mol. The van der Waals surface area contributed by atoms with Gasteiger partial charge in [-0.25, -0.2) is 0 Å². The third-order valence-corrected chi connectivity index (χ3v) is 3.87. The first kappa shape index (κ1) is 19.6. The van der Waals surface area contributed by atoms with Crippen LogP contribution in [0.25, 0.3) is 0 Å². The van der Waals surface area contributed by atoms with Crippen molar-refractivity contribution in [2.45, 2.75) is 25.8 Å². The summed E-state index contributed by atoms with van der Waals surface area (Å²) in [5, 5.41) is 6.57. The van der Waals surface area contributed by atoms with Gasteiger partial charge in [0.25, 0.3) is 0 Å². The molecule has 140 valence electrons. The molecule has 0 amide bonds. The summed E-state index contributed by atoms with van der Waals surface area (Å²) in [6, 6.07) is 15.1. The lowest BCUT2D eigenvalue weighted by Gasteiger charge is -2.12. The van der Waals surface area contributed by atoms with Crippen LogP contribution in [-0.2, 0) is 6.54 Å². The molecule has 0 aliphatic carbocycles. The molecule has 0 aliphatic heterocycles. The Bertz CT molecular complexity index is 713. The largest absolute Gasteiger partial charge is 0.494 e. The van der Waals surface area contributed by atoms with Crippen molar-refractivity contribution < 1.29 is 4.74 Å². The molecule has 1 aromatic carbocycles. The van der Waals surface area contributed by atoms with Gasteiger partial charge in [-0.05, 0) is 37.5 Å². The second-order valence-corrected chi connectivity index (χ2v) is 5.88. The molecule has 2 rings (SSSR count). The highest BCUT2D eigenvalue weighted by Gasteiger charge is 1.98. The Morgan fingerprint density at radius 2 is 1.73 bits per heavy atom. The highest BCUT2D eigenvalue weighted by Crippen LogP contribution is 2.07. The van der Waals surface area contributed by atoms with Crippen LogP contribution < -0.4 is 20.9 Å². The molecule has 0 bridgehead atoms. The van der Waals surface area contributed by atoms with Gasteiger partial charge in [0.1, 0.15) is 5.75 Å². The fourth-order valence-corrected chi connectivity index (χ4v) is 2.47. The summed E-state index contributed by atoms with van der Waals surface area (Å²) in [6.45, 7) is 3.03. The van der Waals surface area contributed by atoms with E-state index in [4.69, 9.17) is 4.74 Å². The van der Waals surface area contributed by atoms with Gasteiger partial charge in [-0.1, -0.05) is 24.3 Å². The van der Waals surface area contributed by atoms with E-state index >= 15 is 0 Å². The highest BCUT2D eigenvalue weighted by molar-refractivity contribution is 5.79. The minimum atomic E-state index is 0.0515. The van der Waals surface area contributed by atoms with Crippen LogP contribution in [0.5, 0.6) is 5.75 Å². The van der Waals surface area contributed by atoms with E-state index in [-0.39, 0.29) is 5.56 Å². The molecular formula is C20H28N4O2. The number of nitrogens with one attached hydrogen (secondary N) is 2. The van der Waals surface area contributed by atoms with Gasteiger partial charge in [0, 0.05) is 38.9 Å². The Kier molecular flexibility index (Phi) is 8.83. The molecule has 1 heterocycles. The number of hydrogen-bond acceptors (Lipinski definition) is 3. The van der Waals surface area contributed by atoms with E-state index in [0.717, 1.165) is 50.6 Å². The fourth-order valence-electron chi connectivity index (χ4n) is 2.47. The number of aryl methyl sites for hydroxylation is 1. The first-order chi connectivity index (χ1) is 12.8. The number of ether oxygens (including phenoxy) is 1. The van der Waals surface area contributed by atoms with Crippen LogP contribution in [0.1, 0.15) is 19.3 Å². The Balaban J connectivity index is 1.52. The molecular weight excluding hydrogens is 328 g/mol. The summed E-state index contributed by atoms with van der Waals surface area (Å²) >= 11 is 0. The van der Waals surface area contributed by atoms with E-state index in [1.165, 1.54) is 0 Å². The lowest BCUT2D eigenvalue weighted by molar-refractivity contribution is 0.311. The average molecular weight is 356 g/mol. The number of rotatable bonds is 10. The zero-order valence-corrected chi connectivity index (χ0v) is 15.4. The molecule has 0 unspecified atom stereocenters. The van der Waals surface area contributed by atoms with Gasteiger partial charge in [0.15, 0.2) is 5.96 Å². The van der Waals surface area contributed by atoms with Gasteiger partial charge in [0.05, 0.1) is 6.61 Å². The van der Waals surface area contributed by atoms with Gasteiger partial charge in [-0.3, -0.25) is 9.79 Å². The molecule has 1 aromatic heterocycles. The van der Waals surface area contributed by atoms with Crippen LogP contribution in [0, 0.1) is 0 Å². The summed E-state index contributed by atoms with van der Waals surface area (Å²) in [7, 11) is 1.76. The summed E-state index contributed by atoms with van der Waals surface area (Å²) in [4.78, 5) is 15.8.